The monoisotopic (exact) mass is 291 g/mol. The summed E-state index contributed by atoms with van der Waals surface area (Å²) in [5, 5.41) is 4.45. The second-order valence-electron chi connectivity index (χ2n) is 3.97. The molecular weight excluding hydrogens is 274 g/mol. The van der Waals surface area contributed by atoms with Crippen LogP contribution in [0.3, 0.4) is 0 Å². The van der Waals surface area contributed by atoms with Crippen molar-refractivity contribution < 1.29 is 4.74 Å². The maximum absolute atomic E-state index is 5.22. The van der Waals surface area contributed by atoms with E-state index in [0.717, 1.165) is 16.1 Å². The summed E-state index contributed by atoms with van der Waals surface area (Å²) >= 11 is 5.15. The average molecular weight is 292 g/mol. The molecule has 0 spiro atoms. The van der Waals surface area contributed by atoms with E-state index in [1.807, 2.05) is 0 Å². The molecular formula is C11H18BrNOS. The van der Waals surface area contributed by atoms with Crippen LogP contribution in [0.25, 0.3) is 0 Å². The molecule has 1 heterocycles. The number of hydrogen-bond donors (Lipinski definition) is 1. The third-order valence-corrected chi connectivity index (χ3v) is 4.44. The van der Waals surface area contributed by atoms with Crippen molar-refractivity contribution in [2.24, 2.45) is 5.92 Å². The highest BCUT2D eigenvalue weighted by Crippen LogP contribution is 2.34. The molecule has 0 radical (unpaired) electrons. The molecule has 0 aromatic carbocycles. The smallest absolute Gasteiger partial charge is 0.188 e. The van der Waals surface area contributed by atoms with Crippen LogP contribution >= 0.6 is 27.3 Å². The Labute approximate surface area is 104 Å². The van der Waals surface area contributed by atoms with Crippen LogP contribution in [0.5, 0.6) is 5.06 Å². The Balaban J connectivity index is 2.51. The van der Waals surface area contributed by atoms with Crippen LogP contribution in [-0.2, 0) is 6.54 Å². The molecule has 1 aromatic heterocycles. The van der Waals surface area contributed by atoms with Crippen molar-refractivity contribution in [3.63, 3.8) is 0 Å². The fraction of sp³-hybridized carbons (Fsp3) is 0.636. The lowest BCUT2D eigenvalue weighted by molar-refractivity contribution is 0.424. The first-order valence-corrected chi connectivity index (χ1v) is 6.71. The zero-order valence-corrected chi connectivity index (χ0v) is 12.0. The minimum Gasteiger partial charge on any atom is -0.486 e. The van der Waals surface area contributed by atoms with Crippen LogP contribution in [0.15, 0.2) is 10.5 Å². The van der Waals surface area contributed by atoms with Crippen molar-refractivity contribution in [2.75, 3.05) is 7.11 Å². The van der Waals surface area contributed by atoms with Crippen LogP contribution in [-0.4, -0.2) is 13.2 Å². The summed E-state index contributed by atoms with van der Waals surface area (Å²) in [7, 11) is 1.70. The minimum absolute atomic E-state index is 0.539. The first-order valence-electron chi connectivity index (χ1n) is 5.10. The van der Waals surface area contributed by atoms with E-state index in [4.69, 9.17) is 4.74 Å². The maximum Gasteiger partial charge on any atom is 0.188 e. The number of methoxy groups -OCH3 is 1. The zero-order valence-electron chi connectivity index (χ0n) is 9.63. The summed E-state index contributed by atoms with van der Waals surface area (Å²) in [5.74, 6) is 0.662. The molecule has 0 aliphatic rings. The van der Waals surface area contributed by atoms with Crippen molar-refractivity contribution >= 4 is 27.3 Å². The number of thiophene rings is 1. The molecule has 1 aromatic rings. The lowest BCUT2D eigenvalue weighted by Gasteiger charge is -2.16. The largest absolute Gasteiger partial charge is 0.486 e. The Bertz CT molecular complexity index is 312. The lowest BCUT2D eigenvalue weighted by atomic mass is 10.1. The third-order valence-electron chi connectivity index (χ3n) is 2.49. The van der Waals surface area contributed by atoms with E-state index >= 15 is 0 Å². The molecule has 1 atom stereocenters. The first kappa shape index (κ1) is 13.0. The van der Waals surface area contributed by atoms with E-state index in [1.165, 1.54) is 4.88 Å². The maximum atomic E-state index is 5.22. The Morgan fingerprint density at radius 2 is 2.13 bits per heavy atom. The molecule has 0 bridgehead atoms. The highest BCUT2D eigenvalue weighted by Gasteiger charge is 2.09. The summed E-state index contributed by atoms with van der Waals surface area (Å²) in [6.07, 6.45) is 0. The van der Waals surface area contributed by atoms with Crippen molar-refractivity contribution in [3.8, 4) is 5.06 Å². The summed E-state index contributed by atoms with van der Waals surface area (Å²) in [6, 6.07) is 2.65. The Hall–Kier alpha value is -0.0600. The first-order chi connectivity index (χ1) is 7.04. The van der Waals surface area contributed by atoms with Gasteiger partial charge in [-0.1, -0.05) is 13.8 Å². The van der Waals surface area contributed by atoms with Crippen molar-refractivity contribution in [2.45, 2.75) is 33.4 Å². The predicted octanol–water partition coefficient (Wildman–Crippen LogP) is 3.65. The molecule has 1 rings (SSSR count). The highest BCUT2D eigenvalue weighted by molar-refractivity contribution is 9.10. The van der Waals surface area contributed by atoms with Gasteiger partial charge in [0.05, 0.1) is 11.6 Å². The van der Waals surface area contributed by atoms with E-state index < -0.39 is 0 Å². The van der Waals surface area contributed by atoms with Gasteiger partial charge >= 0.3 is 0 Å². The van der Waals surface area contributed by atoms with Gasteiger partial charge in [-0.15, -0.1) is 11.3 Å². The van der Waals surface area contributed by atoms with E-state index in [0.29, 0.717) is 12.0 Å². The predicted molar refractivity (Wildman–Crippen MR) is 69.7 cm³/mol. The van der Waals surface area contributed by atoms with Gasteiger partial charge in [0.25, 0.3) is 0 Å². The number of ether oxygens (including phenoxy) is 1. The fourth-order valence-electron chi connectivity index (χ4n) is 1.12. The molecule has 1 N–H and O–H groups in total. The van der Waals surface area contributed by atoms with Crippen LogP contribution in [0.4, 0.5) is 0 Å². The SMILES string of the molecule is COc1sc(CNC(C)C(C)C)cc1Br. The van der Waals surface area contributed by atoms with Gasteiger partial charge in [-0.25, -0.2) is 0 Å². The van der Waals surface area contributed by atoms with Crippen molar-refractivity contribution in [1.82, 2.24) is 5.32 Å². The van der Waals surface area contributed by atoms with Crippen molar-refractivity contribution in [3.05, 3.63) is 15.4 Å². The normalized spacial score (nSPS) is 13.2. The average Bonchev–Trinajstić information content (AvgIpc) is 2.55. The summed E-state index contributed by atoms with van der Waals surface area (Å²) in [5.41, 5.74) is 0. The molecule has 0 aliphatic heterocycles. The van der Waals surface area contributed by atoms with Gasteiger partial charge in [0.2, 0.25) is 0 Å². The van der Waals surface area contributed by atoms with E-state index in [-0.39, 0.29) is 0 Å². The lowest BCUT2D eigenvalue weighted by Crippen LogP contribution is -2.29. The minimum atomic E-state index is 0.539. The molecule has 15 heavy (non-hydrogen) atoms. The van der Waals surface area contributed by atoms with Crippen LogP contribution in [0.1, 0.15) is 25.6 Å². The molecule has 0 aliphatic carbocycles. The molecule has 0 fully saturated rings. The van der Waals surface area contributed by atoms with E-state index in [9.17, 15) is 0 Å². The molecule has 1 unspecified atom stereocenters. The number of nitrogens with one attached hydrogen (secondary N) is 1. The van der Waals surface area contributed by atoms with E-state index in [2.05, 4.69) is 48.1 Å². The number of rotatable bonds is 5. The molecule has 0 saturated heterocycles. The van der Waals surface area contributed by atoms with Gasteiger partial charge in [-0.05, 0) is 34.8 Å². The second-order valence-corrected chi connectivity index (χ2v) is 5.92. The van der Waals surface area contributed by atoms with E-state index in [1.54, 1.807) is 18.4 Å². The number of hydrogen-bond acceptors (Lipinski definition) is 3. The fourth-order valence-corrected chi connectivity index (χ4v) is 2.76. The van der Waals surface area contributed by atoms with Gasteiger partial charge in [-0.2, -0.15) is 0 Å². The van der Waals surface area contributed by atoms with Crippen LogP contribution in [0, 0.1) is 5.92 Å². The Morgan fingerprint density at radius 1 is 1.47 bits per heavy atom. The standard InChI is InChI=1S/C11H18BrNOS/c1-7(2)8(3)13-6-9-5-10(12)11(14-4)15-9/h5,7-8,13H,6H2,1-4H3. The third kappa shape index (κ3) is 3.78. The van der Waals surface area contributed by atoms with Crippen LogP contribution < -0.4 is 10.1 Å². The summed E-state index contributed by atoms with van der Waals surface area (Å²) in [6.45, 7) is 7.57. The highest BCUT2D eigenvalue weighted by atomic mass is 79.9. The Morgan fingerprint density at radius 3 is 2.60 bits per heavy atom. The van der Waals surface area contributed by atoms with Gasteiger partial charge in [0.15, 0.2) is 5.06 Å². The molecule has 0 amide bonds. The molecule has 86 valence electrons. The molecule has 2 nitrogen and oxygen atoms in total. The second kappa shape index (κ2) is 5.87. The van der Waals surface area contributed by atoms with Crippen LogP contribution in [0.2, 0.25) is 0 Å². The van der Waals surface area contributed by atoms with Crippen molar-refractivity contribution in [1.29, 1.82) is 0 Å². The number of halogens is 1. The zero-order chi connectivity index (χ0) is 11.4. The molecule has 4 heteroatoms. The van der Waals surface area contributed by atoms with Gasteiger partial charge < -0.3 is 10.1 Å². The quantitative estimate of drug-likeness (QED) is 0.894. The van der Waals surface area contributed by atoms with Gasteiger partial charge in [0.1, 0.15) is 0 Å². The topological polar surface area (TPSA) is 21.3 Å². The summed E-state index contributed by atoms with van der Waals surface area (Å²) in [4.78, 5) is 1.30. The summed E-state index contributed by atoms with van der Waals surface area (Å²) < 4.78 is 6.27. The Kier molecular flexibility index (Phi) is 5.09. The van der Waals surface area contributed by atoms with Gasteiger partial charge in [0, 0.05) is 17.5 Å². The van der Waals surface area contributed by atoms with Gasteiger partial charge in [-0.3, -0.25) is 0 Å². The molecule has 0 saturated carbocycles.